The average Bonchev–Trinajstić information content (AvgIpc) is 2.73. The normalized spacial score (nSPS) is 21.8. The molecule has 118 valence electrons. The Balaban J connectivity index is 2.43. The summed E-state index contributed by atoms with van der Waals surface area (Å²) in [6, 6.07) is 2.48. The second kappa shape index (κ2) is 5.54. The molecule has 0 aliphatic carbocycles. The first-order valence-electron chi connectivity index (χ1n) is 6.44. The van der Waals surface area contributed by atoms with Gasteiger partial charge in [-0.1, -0.05) is 6.92 Å². The van der Waals surface area contributed by atoms with E-state index >= 15 is 0 Å². The van der Waals surface area contributed by atoms with Crippen molar-refractivity contribution in [3.8, 4) is 0 Å². The highest BCUT2D eigenvalue weighted by molar-refractivity contribution is 7.92. The molecule has 0 radical (unpaired) electrons. The van der Waals surface area contributed by atoms with E-state index in [1.165, 1.54) is 6.07 Å². The van der Waals surface area contributed by atoms with Crippen molar-refractivity contribution in [1.29, 1.82) is 0 Å². The Labute approximate surface area is 123 Å². The summed E-state index contributed by atoms with van der Waals surface area (Å²) in [4.78, 5) is -0.325. The van der Waals surface area contributed by atoms with Crippen molar-refractivity contribution in [2.24, 2.45) is 0 Å². The highest BCUT2D eigenvalue weighted by atomic mass is 32.2. The zero-order valence-corrected chi connectivity index (χ0v) is 13.1. The van der Waals surface area contributed by atoms with Gasteiger partial charge in [0.2, 0.25) is 10.0 Å². The SMILES string of the molecule is CCN(C1CCS(=O)(=O)C1)S(=O)(=O)c1cc(F)ccc1N. The largest absolute Gasteiger partial charge is 0.398 e. The maximum absolute atomic E-state index is 13.3. The molecule has 1 aliphatic heterocycles. The highest BCUT2D eigenvalue weighted by Crippen LogP contribution is 2.28. The Morgan fingerprint density at radius 1 is 1.43 bits per heavy atom. The number of rotatable bonds is 4. The smallest absolute Gasteiger partial charge is 0.245 e. The summed E-state index contributed by atoms with van der Waals surface area (Å²) in [6.07, 6.45) is 0.241. The molecule has 9 heteroatoms. The minimum atomic E-state index is -4.03. The van der Waals surface area contributed by atoms with E-state index in [0.29, 0.717) is 0 Å². The molecular weight excluding hydrogens is 319 g/mol. The van der Waals surface area contributed by atoms with Crippen molar-refractivity contribution >= 4 is 25.5 Å². The third kappa shape index (κ3) is 3.19. The fraction of sp³-hybridized carbons (Fsp3) is 0.500. The van der Waals surface area contributed by atoms with Crippen LogP contribution in [0.4, 0.5) is 10.1 Å². The van der Waals surface area contributed by atoms with Crippen molar-refractivity contribution in [2.75, 3.05) is 23.8 Å². The van der Waals surface area contributed by atoms with Crippen LogP contribution in [0, 0.1) is 5.82 Å². The molecule has 1 heterocycles. The monoisotopic (exact) mass is 336 g/mol. The van der Waals surface area contributed by atoms with Gasteiger partial charge < -0.3 is 5.73 Å². The van der Waals surface area contributed by atoms with E-state index in [1.54, 1.807) is 6.92 Å². The second-order valence-electron chi connectivity index (χ2n) is 4.95. The summed E-state index contributed by atoms with van der Waals surface area (Å²) in [5.41, 5.74) is 5.57. The van der Waals surface area contributed by atoms with Crippen LogP contribution in [0.3, 0.4) is 0 Å². The van der Waals surface area contributed by atoms with E-state index in [0.717, 1.165) is 16.4 Å². The molecule has 0 bridgehead atoms. The van der Waals surface area contributed by atoms with Gasteiger partial charge in [-0.2, -0.15) is 4.31 Å². The summed E-state index contributed by atoms with van der Waals surface area (Å²) >= 11 is 0. The Bertz CT molecular complexity index is 747. The lowest BCUT2D eigenvalue weighted by atomic mass is 10.3. The van der Waals surface area contributed by atoms with Gasteiger partial charge in [0, 0.05) is 12.6 Å². The minimum Gasteiger partial charge on any atom is -0.398 e. The molecule has 0 amide bonds. The predicted molar refractivity (Wildman–Crippen MR) is 77.4 cm³/mol. The van der Waals surface area contributed by atoms with Crippen molar-refractivity contribution in [3.05, 3.63) is 24.0 Å². The molecule has 0 spiro atoms. The number of nitrogens with zero attached hydrogens (tertiary/aromatic N) is 1. The molecule has 0 aromatic heterocycles. The number of hydrogen-bond acceptors (Lipinski definition) is 5. The third-order valence-corrected chi connectivity index (χ3v) is 7.32. The van der Waals surface area contributed by atoms with E-state index < -0.39 is 31.7 Å². The fourth-order valence-electron chi connectivity index (χ4n) is 2.48. The van der Waals surface area contributed by atoms with E-state index in [9.17, 15) is 21.2 Å². The molecule has 1 aliphatic rings. The first-order chi connectivity index (χ1) is 9.67. The number of sulfone groups is 1. The first kappa shape index (κ1) is 16.2. The van der Waals surface area contributed by atoms with Crippen molar-refractivity contribution in [3.63, 3.8) is 0 Å². The second-order valence-corrected chi connectivity index (χ2v) is 9.04. The zero-order chi connectivity index (χ0) is 15.8. The summed E-state index contributed by atoms with van der Waals surface area (Å²) in [7, 11) is -7.26. The molecule has 0 saturated carbocycles. The zero-order valence-electron chi connectivity index (χ0n) is 11.5. The molecule has 6 nitrogen and oxygen atoms in total. The number of nitrogens with two attached hydrogens (primary N) is 1. The number of sulfonamides is 1. The maximum atomic E-state index is 13.3. The molecule has 1 aromatic carbocycles. The third-order valence-electron chi connectivity index (χ3n) is 3.49. The molecule has 1 unspecified atom stereocenters. The standard InChI is InChI=1S/C12H17FN2O4S2/c1-2-15(10-5-6-20(16,17)8-10)21(18,19)12-7-9(13)3-4-11(12)14/h3-4,7,10H,2,5-6,8,14H2,1H3. The Hall–Kier alpha value is -1.19. The van der Waals surface area contributed by atoms with E-state index in [-0.39, 0.29) is 35.1 Å². The first-order valence-corrected chi connectivity index (χ1v) is 9.71. The Kier molecular flexibility index (Phi) is 4.27. The lowest BCUT2D eigenvalue weighted by molar-refractivity contribution is 0.354. The summed E-state index contributed by atoms with van der Waals surface area (Å²) in [5, 5.41) is 0. The van der Waals surface area contributed by atoms with Crippen molar-refractivity contribution in [2.45, 2.75) is 24.3 Å². The van der Waals surface area contributed by atoms with E-state index in [2.05, 4.69) is 0 Å². The highest BCUT2D eigenvalue weighted by Gasteiger charge is 2.38. The number of hydrogen-bond donors (Lipinski definition) is 1. The van der Waals surface area contributed by atoms with E-state index in [4.69, 9.17) is 5.73 Å². The van der Waals surface area contributed by atoms with Gasteiger partial charge in [-0.15, -0.1) is 0 Å². The van der Waals surface area contributed by atoms with Gasteiger partial charge in [0.25, 0.3) is 0 Å². The molecule has 1 saturated heterocycles. The number of anilines is 1. The van der Waals surface area contributed by atoms with Gasteiger partial charge in [-0.3, -0.25) is 0 Å². The lowest BCUT2D eigenvalue weighted by Gasteiger charge is -2.26. The maximum Gasteiger partial charge on any atom is 0.245 e. The number of benzene rings is 1. The molecule has 2 N–H and O–H groups in total. The average molecular weight is 336 g/mol. The van der Waals surface area contributed by atoms with Gasteiger partial charge in [0.1, 0.15) is 10.7 Å². The van der Waals surface area contributed by atoms with Crippen molar-refractivity contribution in [1.82, 2.24) is 4.31 Å². The topological polar surface area (TPSA) is 97.5 Å². The molecule has 1 fully saturated rings. The fourth-order valence-corrected chi connectivity index (χ4v) is 6.10. The van der Waals surface area contributed by atoms with Crippen LogP contribution in [-0.2, 0) is 19.9 Å². The summed E-state index contributed by atoms with van der Waals surface area (Å²) in [6.45, 7) is 1.70. The van der Waals surface area contributed by atoms with Gasteiger partial charge in [0.15, 0.2) is 9.84 Å². The van der Waals surface area contributed by atoms with Crippen molar-refractivity contribution < 1.29 is 21.2 Å². The van der Waals surface area contributed by atoms with Crippen LogP contribution in [0.1, 0.15) is 13.3 Å². The minimum absolute atomic E-state index is 0.0394. The van der Waals surface area contributed by atoms with Gasteiger partial charge in [0.05, 0.1) is 17.2 Å². The molecule has 1 atom stereocenters. The molecule has 2 rings (SSSR count). The number of halogens is 1. The quantitative estimate of drug-likeness (QED) is 0.812. The van der Waals surface area contributed by atoms with Crippen LogP contribution in [0.15, 0.2) is 23.1 Å². The van der Waals surface area contributed by atoms with Crippen LogP contribution >= 0.6 is 0 Å². The van der Waals surface area contributed by atoms with Crippen LogP contribution in [0.25, 0.3) is 0 Å². The van der Waals surface area contributed by atoms with E-state index in [1.807, 2.05) is 0 Å². The lowest BCUT2D eigenvalue weighted by Crippen LogP contribution is -2.41. The number of nitrogen functional groups attached to an aromatic ring is 1. The van der Waals surface area contributed by atoms with Gasteiger partial charge in [-0.05, 0) is 24.6 Å². The molecule has 1 aromatic rings. The Morgan fingerprint density at radius 2 is 2.10 bits per heavy atom. The Morgan fingerprint density at radius 3 is 2.62 bits per heavy atom. The molecular formula is C12H17FN2O4S2. The van der Waals surface area contributed by atoms with Crippen LogP contribution in [0.5, 0.6) is 0 Å². The van der Waals surface area contributed by atoms with Crippen LogP contribution in [-0.4, -0.2) is 45.2 Å². The summed E-state index contributed by atoms with van der Waals surface area (Å²) < 4.78 is 62.7. The van der Waals surface area contributed by atoms with Crippen LogP contribution in [0.2, 0.25) is 0 Å². The molecule has 21 heavy (non-hydrogen) atoms. The van der Waals surface area contributed by atoms with Gasteiger partial charge in [-0.25, -0.2) is 21.2 Å². The van der Waals surface area contributed by atoms with Crippen LogP contribution < -0.4 is 5.73 Å². The predicted octanol–water partition coefficient (Wildman–Crippen LogP) is 0.606. The summed E-state index contributed by atoms with van der Waals surface area (Å²) in [5.74, 6) is -0.963. The van der Waals surface area contributed by atoms with Gasteiger partial charge >= 0.3 is 0 Å².